The summed E-state index contributed by atoms with van der Waals surface area (Å²) in [5, 5.41) is 11.7. The van der Waals surface area contributed by atoms with Crippen LogP contribution in [-0.4, -0.2) is 28.9 Å². The normalized spacial score (nSPS) is 17.5. The summed E-state index contributed by atoms with van der Waals surface area (Å²) in [6.07, 6.45) is 0. The first-order valence-electron chi connectivity index (χ1n) is 10.5. The van der Waals surface area contributed by atoms with E-state index in [4.69, 9.17) is 4.74 Å². The molecule has 4 aromatic rings. The topological polar surface area (TPSA) is 79.7 Å². The zero-order valence-electron chi connectivity index (χ0n) is 18.3. The zero-order valence-corrected chi connectivity index (χ0v) is 21.3. The second kappa shape index (κ2) is 8.84. The number of rotatable bonds is 4. The van der Waals surface area contributed by atoms with E-state index < -0.39 is 17.7 Å². The number of hydrogen-bond acceptors (Lipinski definition) is 6. The number of ketones is 1. The molecule has 2 heterocycles. The number of amides is 1. The van der Waals surface area contributed by atoms with Gasteiger partial charge in [0, 0.05) is 9.13 Å². The van der Waals surface area contributed by atoms with Crippen LogP contribution >= 0.6 is 33.9 Å². The molecule has 1 saturated heterocycles. The van der Waals surface area contributed by atoms with Gasteiger partial charge in [-0.05, 0) is 77.0 Å². The van der Waals surface area contributed by atoms with Gasteiger partial charge in [0.1, 0.15) is 11.5 Å². The van der Waals surface area contributed by atoms with E-state index in [1.807, 2.05) is 49.4 Å². The molecule has 3 aromatic carbocycles. The summed E-state index contributed by atoms with van der Waals surface area (Å²) in [5.41, 5.74) is 2.96. The summed E-state index contributed by atoms with van der Waals surface area (Å²) < 4.78 is 7.21. The van der Waals surface area contributed by atoms with Crippen molar-refractivity contribution in [2.75, 3.05) is 12.0 Å². The molecule has 0 bridgehead atoms. The Morgan fingerprint density at radius 2 is 1.85 bits per heavy atom. The van der Waals surface area contributed by atoms with Gasteiger partial charge in [-0.2, -0.15) is 0 Å². The quantitative estimate of drug-likeness (QED) is 0.142. The third kappa shape index (κ3) is 3.86. The summed E-state index contributed by atoms with van der Waals surface area (Å²) >= 11 is 3.55. The number of thiazole rings is 1. The summed E-state index contributed by atoms with van der Waals surface area (Å²) in [5.74, 6) is -1.19. The van der Waals surface area contributed by atoms with Crippen LogP contribution in [0, 0.1) is 10.5 Å². The third-order valence-corrected chi connectivity index (χ3v) is 7.45. The van der Waals surface area contributed by atoms with E-state index in [0.29, 0.717) is 22.0 Å². The van der Waals surface area contributed by atoms with Crippen LogP contribution in [0.5, 0.6) is 5.75 Å². The third-order valence-electron chi connectivity index (χ3n) is 5.71. The molecule has 1 N–H and O–H groups in total. The first-order valence-corrected chi connectivity index (χ1v) is 12.3. The summed E-state index contributed by atoms with van der Waals surface area (Å²) in [6, 6.07) is 19.4. The number of ether oxygens (including phenoxy) is 1. The van der Waals surface area contributed by atoms with Crippen molar-refractivity contribution in [2.24, 2.45) is 0 Å². The van der Waals surface area contributed by atoms with Gasteiger partial charge in [0.15, 0.2) is 5.13 Å². The molecule has 1 unspecified atom stereocenters. The predicted octanol–water partition coefficient (Wildman–Crippen LogP) is 5.84. The van der Waals surface area contributed by atoms with Gasteiger partial charge in [0.05, 0.1) is 28.9 Å². The molecule has 1 fully saturated rings. The summed E-state index contributed by atoms with van der Waals surface area (Å²) in [7, 11) is 1.53. The van der Waals surface area contributed by atoms with Crippen molar-refractivity contribution in [3.05, 3.63) is 92.6 Å². The number of benzene rings is 3. The van der Waals surface area contributed by atoms with Gasteiger partial charge in [0.25, 0.3) is 5.78 Å². The number of methoxy groups -OCH3 is 1. The van der Waals surface area contributed by atoms with Gasteiger partial charge in [-0.15, -0.1) is 0 Å². The lowest BCUT2D eigenvalue weighted by Gasteiger charge is -2.23. The SMILES string of the molecule is COc1cccc(C(O)=C2C(=O)C(=O)N(c3nc4ccc(C)cc4s3)C2c2ccc(I)cc2)c1. The molecule has 1 aliphatic heterocycles. The van der Waals surface area contributed by atoms with E-state index in [9.17, 15) is 14.7 Å². The molecular formula is C26H19IN2O4S. The molecule has 1 amide bonds. The Morgan fingerprint density at radius 1 is 1.09 bits per heavy atom. The summed E-state index contributed by atoms with van der Waals surface area (Å²) in [4.78, 5) is 32.7. The highest BCUT2D eigenvalue weighted by Gasteiger charge is 2.48. The fourth-order valence-electron chi connectivity index (χ4n) is 4.04. The molecule has 1 aliphatic rings. The van der Waals surface area contributed by atoms with Crippen molar-refractivity contribution in [1.29, 1.82) is 0 Å². The second-order valence-corrected chi connectivity index (χ2v) is 10.2. The van der Waals surface area contributed by atoms with Gasteiger partial charge >= 0.3 is 5.91 Å². The average Bonchev–Trinajstić information content (AvgIpc) is 3.37. The Morgan fingerprint density at radius 3 is 2.59 bits per heavy atom. The van der Waals surface area contributed by atoms with E-state index in [0.717, 1.165) is 19.4 Å². The minimum absolute atomic E-state index is 0.0231. The van der Waals surface area contributed by atoms with Gasteiger partial charge < -0.3 is 9.84 Å². The lowest BCUT2D eigenvalue weighted by atomic mass is 9.95. The number of fused-ring (bicyclic) bond motifs is 1. The van der Waals surface area contributed by atoms with Crippen LogP contribution in [0.25, 0.3) is 16.0 Å². The molecule has 6 nitrogen and oxygen atoms in total. The van der Waals surface area contributed by atoms with Gasteiger partial charge in [-0.3, -0.25) is 14.5 Å². The molecule has 0 aliphatic carbocycles. The van der Waals surface area contributed by atoms with Crippen molar-refractivity contribution >= 4 is 66.7 Å². The van der Waals surface area contributed by atoms with Gasteiger partial charge in [-0.1, -0.05) is 41.7 Å². The van der Waals surface area contributed by atoms with Crippen LogP contribution < -0.4 is 9.64 Å². The highest BCUT2D eigenvalue weighted by atomic mass is 127. The number of Topliss-reactive ketones (excluding diaryl/α,β-unsaturated/α-hetero) is 1. The lowest BCUT2D eigenvalue weighted by molar-refractivity contribution is -0.132. The smallest absolute Gasteiger partial charge is 0.301 e. The van der Waals surface area contributed by atoms with Crippen molar-refractivity contribution in [3.8, 4) is 5.75 Å². The van der Waals surface area contributed by atoms with E-state index in [2.05, 4.69) is 27.6 Å². The standard InChI is InChI=1S/C26H19IN2O4S/c1-14-6-11-19-20(12-14)34-26(28-19)29-22(15-7-9-17(27)10-8-15)21(24(31)25(29)32)23(30)16-4-3-5-18(13-16)33-2/h3-13,22,30H,1-2H3. The molecule has 0 spiro atoms. The maximum atomic E-state index is 13.3. The number of halogens is 1. The Labute approximate surface area is 213 Å². The molecule has 1 aromatic heterocycles. The zero-order chi connectivity index (χ0) is 24.0. The highest BCUT2D eigenvalue weighted by molar-refractivity contribution is 14.1. The van der Waals surface area contributed by atoms with Crippen LogP contribution in [0.3, 0.4) is 0 Å². The first kappa shape index (κ1) is 22.5. The largest absolute Gasteiger partial charge is 0.507 e. The van der Waals surface area contributed by atoms with E-state index in [-0.39, 0.29) is 11.3 Å². The minimum Gasteiger partial charge on any atom is -0.507 e. The fraction of sp³-hybridized carbons (Fsp3) is 0.115. The Hall–Kier alpha value is -3.24. The number of aliphatic hydroxyl groups is 1. The van der Waals surface area contributed by atoms with Crippen molar-refractivity contribution in [3.63, 3.8) is 0 Å². The number of carbonyl (C=O) groups is 2. The van der Waals surface area contributed by atoms with Crippen LogP contribution in [0.1, 0.15) is 22.7 Å². The fourth-order valence-corrected chi connectivity index (χ4v) is 5.49. The van der Waals surface area contributed by atoms with E-state index in [1.165, 1.54) is 23.3 Å². The molecule has 8 heteroatoms. The van der Waals surface area contributed by atoms with Crippen molar-refractivity contribution < 1.29 is 19.4 Å². The number of aromatic nitrogens is 1. The maximum Gasteiger partial charge on any atom is 0.301 e. The van der Waals surface area contributed by atoms with Crippen LogP contribution in [0.4, 0.5) is 5.13 Å². The molecule has 1 atom stereocenters. The monoisotopic (exact) mass is 582 g/mol. The van der Waals surface area contributed by atoms with Gasteiger partial charge in [-0.25, -0.2) is 4.98 Å². The highest BCUT2D eigenvalue weighted by Crippen LogP contribution is 2.44. The summed E-state index contributed by atoms with van der Waals surface area (Å²) in [6.45, 7) is 1.99. The van der Waals surface area contributed by atoms with E-state index in [1.54, 1.807) is 24.3 Å². The van der Waals surface area contributed by atoms with Gasteiger partial charge in [0.2, 0.25) is 0 Å². The van der Waals surface area contributed by atoms with Crippen LogP contribution in [-0.2, 0) is 9.59 Å². The molecule has 170 valence electrons. The number of anilines is 1. The Balaban J connectivity index is 1.73. The van der Waals surface area contributed by atoms with Crippen LogP contribution in [0.15, 0.2) is 72.3 Å². The average molecular weight is 582 g/mol. The number of aryl methyl sites for hydroxylation is 1. The Kier molecular flexibility index (Phi) is 5.86. The number of nitrogens with zero attached hydrogens (tertiary/aromatic N) is 2. The van der Waals surface area contributed by atoms with Crippen molar-refractivity contribution in [1.82, 2.24) is 4.98 Å². The minimum atomic E-state index is -0.815. The molecule has 0 saturated carbocycles. The lowest BCUT2D eigenvalue weighted by Crippen LogP contribution is -2.29. The number of carbonyl (C=O) groups excluding carboxylic acids is 2. The van der Waals surface area contributed by atoms with Crippen molar-refractivity contribution in [2.45, 2.75) is 13.0 Å². The molecule has 5 rings (SSSR count). The molecule has 0 radical (unpaired) electrons. The molecule has 34 heavy (non-hydrogen) atoms. The number of aliphatic hydroxyl groups excluding tert-OH is 1. The number of hydrogen-bond donors (Lipinski definition) is 1. The predicted molar refractivity (Wildman–Crippen MR) is 141 cm³/mol. The van der Waals surface area contributed by atoms with Crippen LogP contribution in [0.2, 0.25) is 0 Å². The second-order valence-electron chi connectivity index (χ2n) is 7.92. The first-order chi connectivity index (χ1) is 16.4. The Bertz CT molecular complexity index is 1480. The maximum absolute atomic E-state index is 13.3. The van der Waals surface area contributed by atoms with E-state index >= 15 is 0 Å². The molecular weight excluding hydrogens is 563 g/mol.